The quantitative estimate of drug-likeness (QED) is 0.440. The standard InChI is InChI=1S/C8H13O2/c1-3-5-6-7-8(9)10-4-2/h6-7H,1,3-5H2,2H3/b7-6+. The first kappa shape index (κ1) is 9.21. The van der Waals surface area contributed by atoms with Crippen LogP contribution in [0.3, 0.4) is 0 Å². The van der Waals surface area contributed by atoms with Crippen LogP contribution in [0.1, 0.15) is 19.8 Å². The third kappa shape index (κ3) is 5.35. The highest BCUT2D eigenvalue weighted by Crippen LogP contribution is 1.88. The Balaban J connectivity index is 3.36. The predicted octanol–water partition coefficient (Wildman–Crippen LogP) is 1.72. The van der Waals surface area contributed by atoms with Crippen LogP contribution < -0.4 is 0 Å². The Morgan fingerprint density at radius 1 is 1.70 bits per heavy atom. The Morgan fingerprint density at radius 3 is 2.90 bits per heavy atom. The van der Waals surface area contributed by atoms with Gasteiger partial charge in [-0.1, -0.05) is 13.0 Å². The molecule has 0 unspecified atom stereocenters. The van der Waals surface area contributed by atoms with Gasteiger partial charge in [0.05, 0.1) is 6.61 Å². The molecule has 57 valence electrons. The number of hydrogen-bond acceptors (Lipinski definition) is 2. The minimum atomic E-state index is -0.268. The molecule has 0 atom stereocenters. The van der Waals surface area contributed by atoms with E-state index in [1.165, 1.54) is 6.08 Å². The summed E-state index contributed by atoms with van der Waals surface area (Å²) in [4.78, 5) is 10.6. The normalized spacial score (nSPS) is 10.2. The lowest BCUT2D eigenvalue weighted by atomic mass is 10.3. The zero-order valence-corrected chi connectivity index (χ0v) is 6.30. The van der Waals surface area contributed by atoms with Gasteiger partial charge in [0.15, 0.2) is 0 Å². The minimum absolute atomic E-state index is 0.268. The summed E-state index contributed by atoms with van der Waals surface area (Å²) in [6.45, 7) is 5.85. The fraction of sp³-hybridized carbons (Fsp3) is 0.500. The molecule has 0 heterocycles. The lowest BCUT2D eigenvalue weighted by Crippen LogP contribution is -1.98. The van der Waals surface area contributed by atoms with Crippen LogP contribution in [0.4, 0.5) is 0 Å². The highest BCUT2D eigenvalue weighted by Gasteiger charge is 1.90. The summed E-state index contributed by atoms with van der Waals surface area (Å²) in [5, 5.41) is 0. The van der Waals surface area contributed by atoms with Crippen LogP contribution in [-0.2, 0) is 9.53 Å². The van der Waals surface area contributed by atoms with E-state index in [4.69, 9.17) is 0 Å². The van der Waals surface area contributed by atoms with E-state index in [2.05, 4.69) is 11.7 Å². The molecule has 0 aromatic carbocycles. The zero-order valence-electron chi connectivity index (χ0n) is 6.30. The summed E-state index contributed by atoms with van der Waals surface area (Å²) in [5.41, 5.74) is 0. The second-order valence-corrected chi connectivity index (χ2v) is 1.80. The van der Waals surface area contributed by atoms with Gasteiger partial charge in [0.1, 0.15) is 0 Å². The summed E-state index contributed by atoms with van der Waals surface area (Å²) >= 11 is 0. The Morgan fingerprint density at radius 2 is 2.40 bits per heavy atom. The first-order valence-electron chi connectivity index (χ1n) is 3.43. The third-order valence-corrected chi connectivity index (χ3v) is 0.911. The monoisotopic (exact) mass is 141 g/mol. The lowest BCUT2D eigenvalue weighted by Gasteiger charge is -1.93. The lowest BCUT2D eigenvalue weighted by molar-refractivity contribution is -0.137. The van der Waals surface area contributed by atoms with Crippen molar-refractivity contribution in [2.75, 3.05) is 6.61 Å². The van der Waals surface area contributed by atoms with E-state index in [1.54, 1.807) is 13.0 Å². The van der Waals surface area contributed by atoms with Crippen molar-refractivity contribution in [2.45, 2.75) is 19.8 Å². The predicted molar refractivity (Wildman–Crippen MR) is 40.4 cm³/mol. The van der Waals surface area contributed by atoms with Crippen LogP contribution in [0.2, 0.25) is 0 Å². The van der Waals surface area contributed by atoms with Gasteiger partial charge in [0.2, 0.25) is 0 Å². The van der Waals surface area contributed by atoms with E-state index in [-0.39, 0.29) is 5.97 Å². The van der Waals surface area contributed by atoms with Crippen molar-refractivity contribution in [1.82, 2.24) is 0 Å². The second-order valence-electron chi connectivity index (χ2n) is 1.80. The SMILES string of the molecule is [CH2]CC/C=C/C(=O)OCC. The van der Waals surface area contributed by atoms with Crippen molar-refractivity contribution < 1.29 is 9.53 Å². The van der Waals surface area contributed by atoms with Gasteiger partial charge in [-0.25, -0.2) is 4.79 Å². The van der Waals surface area contributed by atoms with E-state index in [1.807, 2.05) is 0 Å². The van der Waals surface area contributed by atoms with Crippen molar-refractivity contribution in [2.24, 2.45) is 0 Å². The summed E-state index contributed by atoms with van der Waals surface area (Å²) < 4.78 is 4.64. The van der Waals surface area contributed by atoms with E-state index < -0.39 is 0 Å². The number of unbranched alkanes of at least 4 members (excludes halogenated alkanes) is 1. The molecule has 0 aliphatic carbocycles. The van der Waals surface area contributed by atoms with Crippen LogP contribution in [-0.4, -0.2) is 12.6 Å². The molecule has 0 saturated heterocycles. The smallest absolute Gasteiger partial charge is 0.330 e. The summed E-state index contributed by atoms with van der Waals surface area (Å²) in [6.07, 6.45) is 4.86. The zero-order chi connectivity index (χ0) is 7.82. The second kappa shape index (κ2) is 6.33. The topological polar surface area (TPSA) is 26.3 Å². The average Bonchev–Trinajstić information content (AvgIpc) is 1.89. The molecule has 0 saturated carbocycles. The number of carbonyl (C=O) groups is 1. The molecule has 0 N–H and O–H groups in total. The number of hydrogen-bond donors (Lipinski definition) is 0. The maximum atomic E-state index is 10.6. The highest BCUT2D eigenvalue weighted by atomic mass is 16.5. The molecule has 0 aromatic heterocycles. The van der Waals surface area contributed by atoms with Crippen molar-refractivity contribution in [3.63, 3.8) is 0 Å². The van der Waals surface area contributed by atoms with Gasteiger partial charge in [0, 0.05) is 6.08 Å². The van der Waals surface area contributed by atoms with Crippen LogP contribution in [0.25, 0.3) is 0 Å². The van der Waals surface area contributed by atoms with E-state index >= 15 is 0 Å². The third-order valence-electron chi connectivity index (χ3n) is 0.911. The molecule has 0 rings (SSSR count). The molecule has 0 fully saturated rings. The fourth-order valence-electron chi connectivity index (χ4n) is 0.488. The molecule has 0 aliphatic rings. The first-order valence-corrected chi connectivity index (χ1v) is 3.43. The van der Waals surface area contributed by atoms with Gasteiger partial charge in [-0.2, -0.15) is 0 Å². The first-order chi connectivity index (χ1) is 4.81. The maximum Gasteiger partial charge on any atom is 0.330 e. The number of rotatable bonds is 4. The minimum Gasteiger partial charge on any atom is -0.463 e. The molecule has 2 heteroatoms. The van der Waals surface area contributed by atoms with Crippen molar-refractivity contribution in [1.29, 1.82) is 0 Å². The molecule has 0 bridgehead atoms. The van der Waals surface area contributed by atoms with E-state index in [0.29, 0.717) is 6.61 Å². The molecule has 0 amide bonds. The summed E-state index contributed by atoms with van der Waals surface area (Å²) in [7, 11) is 0. The molecule has 2 nitrogen and oxygen atoms in total. The van der Waals surface area contributed by atoms with Crippen LogP contribution >= 0.6 is 0 Å². The van der Waals surface area contributed by atoms with Gasteiger partial charge in [0.25, 0.3) is 0 Å². The Hall–Kier alpha value is -0.790. The summed E-state index contributed by atoms with van der Waals surface area (Å²) in [5.74, 6) is -0.268. The largest absolute Gasteiger partial charge is 0.463 e. The maximum absolute atomic E-state index is 10.6. The summed E-state index contributed by atoms with van der Waals surface area (Å²) in [6, 6.07) is 0. The Labute approximate surface area is 61.9 Å². The fourth-order valence-corrected chi connectivity index (χ4v) is 0.488. The van der Waals surface area contributed by atoms with E-state index in [0.717, 1.165) is 12.8 Å². The number of esters is 1. The molecule has 0 aromatic rings. The molecule has 0 spiro atoms. The Kier molecular flexibility index (Phi) is 5.83. The molecule has 10 heavy (non-hydrogen) atoms. The van der Waals surface area contributed by atoms with Gasteiger partial charge < -0.3 is 4.74 Å². The van der Waals surface area contributed by atoms with Gasteiger partial charge in [-0.05, 0) is 19.8 Å². The van der Waals surface area contributed by atoms with Crippen LogP contribution in [0, 0.1) is 6.92 Å². The van der Waals surface area contributed by atoms with Crippen molar-refractivity contribution in [3.8, 4) is 0 Å². The van der Waals surface area contributed by atoms with Crippen molar-refractivity contribution in [3.05, 3.63) is 19.1 Å². The van der Waals surface area contributed by atoms with Gasteiger partial charge in [-0.15, -0.1) is 0 Å². The highest BCUT2D eigenvalue weighted by molar-refractivity contribution is 5.81. The van der Waals surface area contributed by atoms with Crippen molar-refractivity contribution >= 4 is 5.97 Å². The molecule has 0 aliphatic heterocycles. The van der Waals surface area contributed by atoms with Crippen LogP contribution in [0.15, 0.2) is 12.2 Å². The number of allylic oxidation sites excluding steroid dienone is 1. The Bertz CT molecular complexity index is 116. The van der Waals surface area contributed by atoms with E-state index in [9.17, 15) is 4.79 Å². The average molecular weight is 141 g/mol. The van der Waals surface area contributed by atoms with Crippen LogP contribution in [0.5, 0.6) is 0 Å². The number of ether oxygens (including phenoxy) is 1. The molecular formula is C8H13O2. The molecule has 1 radical (unpaired) electrons. The van der Waals surface area contributed by atoms with Gasteiger partial charge >= 0.3 is 5.97 Å². The van der Waals surface area contributed by atoms with Gasteiger partial charge in [-0.3, -0.25) is 0 Å². The number of carbonyl (C=O) groups excluding carboxylic acids is 1. The molecular weight excluding hydrogens is 128 g/mol.